The number of rotatable bonds is 12. The molecule has 4 heterocycles. The van der Waals surface area contributed by atoms with Crippen LogP contribution in [-0.4, -0.2) is 18.7 Å². The van der Waals surface area contributed by atoms with Crippen LogP contribution in [0.5, 0.6) is 0 Å². The van der Waals surface area contributed by atoms with Crippen molar-refractivity contribution >= 4 is 128 Å². The van der Waals surface area contributed by atoms with Gasteiger partial charge in [-0.2, -0.15) is 0 Å². The SMILES string of the molecule is c1ccc(N(c2ccccc2)c2ccc3c(c2)c2ccccc2n3-c2cc(-n3c4ccccc4c4cc(N(c5ccccc5)c5ccccc5)ccc43)c3c(-n4c5ccccc5c5cc(N(c6ccccc6)c6ccccc6)ccc54)ccnc3c2)cc1. The van der Waals surface area contributed by atoms with E-state index in [4.69, 9.17) is 4.98 Å². The van der Waals surface area contributed by atoms with Gasteiger partial charge in [0.25, 0.3) is 0 Å². The van der Waals surface area contributed by atoms with Gasteiger partial charge in [0.15, 0.2) is 0 Å². The van der Waals surface area contributed by atoms with E-state index in [-0.39, 0.29) is 0 Å². The molecule has 17 rings (SSSR count). The van der Waals surface area contributed by atoms with E-state index < -0.39 is 0 Å². The van der Waals surface area contributed by atoms with Gasteiger partial charge in [0.1, 0.15) is 0 Å². The van der Waals surface area contributed by atoms with Crippen LogP contribution >= 0.6 is 0 Å². The molecule has 0 radical (unpaired) electrons. The standard InChI is InChI=1S/C81H55N7/c1-7-25-56(26-8-1)83(57-27-9-2-10-28-57)62-43-46-76-69(51-62)66-37-19-22-40-73(66)86(76)65-54-72-81(80(55-65)88-75-42-24-21-39-68(75)71-53-64(45-48-78(71)88)85(60-33-15-5-16-34-60)61-35-17-6-18-36-61)79(49-50-82-72)87-74-41-23-20-38-67(74)70-52-63(44-47-77(70)87)84(58-29-11-3-12-30-58)59-31-13-4-14-32-59/h1-55H. The van der Waals surface area contributed by atoms with Crippen LogP contribution in [-0.2, 0) is 0 Å². The Morgan fingerprint density at radius 3 is 0.875 bits per heavy atom. The van der Waals surface area contributed by atoms with Crippen molar-refractivity contribution in [1.82, 2.24) is 18.7 Å². The molecule has 0 saturated heterocycles. The molecule has 0 amide bonds. The zero-order chi connectivity index (χ0) is 58.1. The monoisotopic (exact) mass is 1130 g/mol. The highest BCUT2D eigenvalue weighted by Crippen LogP contribution is 2.47. The third-order valence-corrected chi connectivity index (χ3v) is 17.4. The predicted molar refractivity (Wildman–Crippen MR) is 369 cm³/mol. The maximum Gasteiger partial charge on any atom is 0.0765 e. The Kier molecular flexibility index (Phi) is 12.1. The van der Waals surface area contributed by atoms with Crippen molar-refractivity contribution in [2.75, 3.05) is 14.7 Å². The molecular weight excluding hydrogens is 1070 g/mol. The van der Waals surface area contributed by atoms with Gasteiger partial charge in [-0.1, -0.05) is 164 Å². The van der Waals surface area contributed by atoms with Crippen molar-refractivity contribution in [2.45, 2.75) is 0 Å². The Bertz CT molecular complexity index is 5330. The van der Waals surface area contributed by atoms with Crippen LogP contribution < -0.4 is 14.7 Å². The van der Waals surface area contributed by atoms with E-state index >= 15 is 0 Å². The minimum Gasteiger partial charge on any atom is -0.310 e. The summed E-state index contributed by atoms with van der Waals surface area (Å²) >= 11 is 0. The molecule has 4 aromatic heterocycles. The first-order valence-electron chi connectivity index (χ1n) is 29.9. The highest BCUT2D eigenvalue weighted by Gasteiger charge is 2.26. The molecule has 0 saturated carbocycles. The predicted octanol–water partition coefficient (Wildman–Crippen LogP) is 21.9. The van der Waals surface area contributed by atoms with E-state index in [1.807, 2.05) is 6.20 Å². The number of anilines is 9. The van der Waals surface area contributed by atoms with Crippen LogP contribution in [0.4, 0.5) is 51.2 Å². The van der Waals surface area contributed by atoms with Crippen molar-refractivity contribution in [2.24, 2.45) is 0 Å². The number of nitrogens with zero attached hydrogens (tertiary/aromatic N) is 7. The van der Waals surface area contributed by atoms with Gasteiger partial charge in [0, 0.05) is 95.1 Å². The lowest BCUT2D eigenvalue weighted by atomic mass is 10.1. The highest BCUT2D eigenvalue weighted by atomic mass is 15.2. The fourth-order valence-electron chi connectivity index (χ4n) is 13.6. The van der Waals surface area contributed by atoms with Crippen LogP contribution in [0.25, 0.3) is 93.4 Å². The molecule has 0 unspecified atom stereocenters. The molecule has 17 aromatic rings. The van der Waals surface area contributed by atoms with Gasteiger partial charge in [-0.05, 0) is 164 Å². The van der Waals surface area contributed by atoms with E-state index in [0.29, 0.717) is 0 Å². The number of fused-ring (bicyclic) bond motifs is 10. The first-order chi connectivity index (χ1) is 43.7. The molecule has 7 nitrogen and oxygen atoms in total. The first-order valence-corrected chi connectivity index (χ1v) is 29.9. The van der Waals surface area contributed by atoms with Crippen molar-refractivity contribution in [3.63, 3.8) is 0 Å². The maximum absolute atomic E-state index is 5.43. The Morgan fingerprint density at radius 2 is 0.511 bits per heavy atom. The van der Waals surface area contributed by atoms with Gasteiger partial charge in [-0.15, -0.1) is 0 Å². The van der Waals surface area contributed by atoms with Crippen molar-refractivity contribution < 1.29 is 0 Å². The van der Waals surface area contributed by atoms with Crippen LogP contribution in [0.2, 0.25) is 0 Å². The Balaban J connectivity index is 0.938. The van der Waals surface area contributed by atoms with E-state index in [1.165, 1.54) is 0 Å². The molecule has 0 spiro atoms. The molecule has 0 atom stereocenters. The molecule has 7 heteroatoms. The number of aromatic nitrogens is 4. The number of hydrogen-bond acceptors (Lipinski definition) is 4. The summed E-state index contributed by atoms with van der Waals surface area (Å²) in [4.78, 5) is 12.5. The van der Waals surface area contributed by atoms with Gasteiger partial charge in [0.05, 0.1) is 55.7 Å². The Morgan fingerprint density at radius 1 is 0.216 bits per heavy atom. The van der Waals surface area contributed by atoms with Crippen molar-refractivity contribution in [1.29, 1.82) is 0 Å². The molecule has 0 aliphatic rings. The quantitative estimate of drug-likeness (QED) is 0.122. The lowest BCUT2D eigenvalue weighted by Crippen LogP contribution is -2.09. The minimum atomic E-state index is 0.871. The average Bonchev–Trinajstić information content (AvgIpc) is 1.60. The second-order valence-electron chi connectivity index (χ2n) is 22.4. The second kappa shape index (κ2) is 21.0. The number of benzene rings is 13. The maximum atomic E-state index is 5.43. The molecule has 0 aliphatic carbocycles. The number of para-hydroxylation sites is 9. The molecule has 88 heavy (non-hydrogen) atoms. The summed E-state index contributed by atoms with van der Waals surface area (Å²) in [5.74, 6) is 0. The molecule has 0 bridgehead atoms. The molecule has 0 fully saturated rings. The lowest BCUT2D eigenvalue weighted by molar-refractivity contribution is 1.13. The summed E-state index contributed by atoms with van der Waals surface area (Å²) in [5.41, 5.74) is 20.3. The van der Waals surface area contributed by atoms with E-state index in [0.717, 1.165) is 145 Å². The van der Waals surface area contributed by atoms with Gasteiger partial charge in [-0.25, -0.2) is 0 Å². The summed E-state index contributed by atoms with van der Waals surface area (Å²) < 4.78 is 7.40. The topological polar surface area (TPSA) is 37.4 Å². The molecule has 414 valence electrons. The largest absolute Gasteiger partial charge is 0.310 e. The van der Waals surface area contributed by atoms with Crippen LogP contribution in [0.3, 0.4) is 0 Å². The van der Waals surface area contributed by atoms with E-state index in [9.17, 15) is 0 Å². The normalized spacial score (nSPS) is 11.6. The highest BCUT2D eigenvalue weighted by molar-refractivity contribution is 6.16. The zero-order valence-corrected chi connectivity index (χ0v) is 47.9. The van der Waals surface area contributed by atoms with Crippen LogP contribution in [0, 0.1) is 0 Å². The molecular formula is C81H55N7. The summed E-state index contributed by atoms with van der Waals surface area (Å²) in [6, 6.07) is 118. The van der Waals surface area contributed by atoms with Crippen LogP contribution in [0.1, 0.15) is 0 Å². The average molecular weight is 1130 g/mol. The van der Waals surface area contributed by atoms with E-state index in [2.05, 4.69) is 356 Å². The first kappa shape index (κ1) is 50.6. The minimum absolute atomic E-state index is 0.871. The Labute approximate surface area is 508 Å². The van der Waals surface area contributed by atoms with Gasteiger partial charge in [-0.3, -0.25) is 4.98 Å². The molecule has 0 N–H and O–H groups in total. The van der Waals surface area contributed by atoms with Gasteiger partial charge in [0.2, 0.25) is 0 Å². The zero-order valence-electron chi connectivity index (χ0n) is 47.9. The third-order valence-electron chi connectivity index (χ3n) is 17.4. The summed E-state index contributed by atoms with van der Waals surface area (Å²) in [6.45, 7) is 0. The second-order valence-corrected chi connectivity index (χ2v) is 22.4. The summed E-state index contributed by atoms with van der Waals surface area (Å²) in [7, 11) is 0. The fraction of sp³-hybridized carbons (Fsp3) is 0. The lowest BCUT2D eigenvalue weighted by Gasteiger charge is -2.25. The molecule has 0 aliphatic heterocycles. The molecule has 13 aromatic carbocycles. The number of hydrogen-bond donors (Lipinski definition) is 0. The van der Waals surface area contributed by atoms with Gasteiger partial charge >= 0.3 is 0 Å². The van der Waals surface area contributed by atoms with E-state index in [1.54, 1.807) is 0 Å². The fourth-order valence-corrected chi connectivity index (χ4v) is 13.6. The van der Waals surface area contributed by atoms with Gasteiger partial charge < -0.3 is 28.4 Å². The number of pyridine rings is 1. The summed E-state index contributed by atoms with van der Waals surface area (Å²) in [5, 5.41) is 7.96. The Hall–Kier alpha value is -11.9. The third kappa shape index (κ3) is 8.32. The summed E-state index contributed by atoms with van der Waals surface area (Å²) in [6.07, 6.45) is 1.99. The van der Waals surface area contributed by atoms with Crippen molar-refractivity contribution in [3.05, 3.63) is 334 Å². The van der Waals surface area contributed by atoms with Crippen LogP contribution in [0.15, 0.2) is 334 Å². The van der Waals surface area contributed by atoms with Crippen molar-refractivity contribution in [3.8, 4) is 17.1 Å². The smallest absolute Gasteiger partial charge is 0.0765 e.